The lowest BCUT2D eigenvalue weighted by atomic mass is 10.0. The molecule has 3 nitrogen and oxygen atoms in total. The number of aromatic nitrogens is 1. The zero-order valence-corrected chi connectivity index (χ0v) is 9.40. The molecule has 0 spiro atoms. The van der Waals surface area contributed by atoms with E-state index in [1.165, 1.54) is 19.0 Å². The molecule has 1 aromatic rings. The summed E-state index contributed by atoms with van der Waals surface area (Å²) in [5, 5.41) is 9.14. The van der Waals surface area contributed by atoms with E-state index in [9.17, 15) is 0 Å². The third-order valence-electron chi connectivity index (χ3n) is 3.23. The minimum Gasteiger partial charge on any atom is -0.506 e. The Morgan fingerprint density at radius 3 is 2.80 bits per heavy atom. The van der Waals surface area contributed by atoms with E-state index in [2.05, 4.69) is 23.7 Å². The molecule has 0 amide bonds. The van der Waals surface area contributed by atoms with Crippen LogP contribution in [0.4, 0.5) is 0 Å². The molecule has 0 saturated carbocycles. The fourth-order valence-corrected chi connectivity index (χ4v) is 2.16. The Hall–Kier alpha value is -1.09. The van der Waals surface area contributed by atoms with Crippen LogP contribution in [0.5, 0.6) is 5.75 Å². The van der Waals surface area contributed by atoms with Gasteiger partial charge >= 0.3 is 0 Å². The normalized spacial score (nSPS) is 20.7. The van der Waals surface area contributed by atoms with Gasteiger partial charge < -0.3 is 5.11 Å². The minimum absolute atomic E-state index is 0.236. The molecule has 1 saturated heterocycles. The number of nitrogens with zero attached hydrogens (tertiary/aromatic N) is 2. The number of rotatable bonds is 2. The summed E-state index contributed by atoms with van der Waals surface area (Å²) in [6.07, 6.45) is 4.04. The van der Waals surface area contributed by atoms with E-state index in [0.29, 0.717) is 5.54 Å². The van der Waals surface area contributed by atoms with E-state index in [1.807, 2.05) is 6.07 Å². The van der Waals surface area contributed by atoms with E-state index in [1.54, 1.807) is 6.07 Å². The molecule has 2 heterocycles. The molecular formula is C12H18N2O. The van der Waals surface area contributed by atoms with E-state index in [4.69, 9.17) is 5.11 Å². The zero-order valence-electron chi connectivity index (χ0n) is 9.40. The molecule has 15 heavy (non-hydrogen) atoms. The summed E-state index contributed by atoms with van der Waals surface area (Å²) < 4.78 is 0. The molecule has 0 bridgehead atoms. The van der Waals surface area contributed by atoms with Crippen molar-refractivity contribution in [3.8, 4) is 5.75 Å². The monoisotopic (exact) mass is 206 g/mol. The van der Waals surface area contributed by atoms with Crippen LogP contribution < -0.4 is 0 Å². The van der Waals surface area contributed by atoms with Crippen molar-refractivity contribution in [3.05, 3.63) is 24.0 Å². The highest BCUT2D eigenvalue weighted by Gasteiger charge is 2.31. The summed E-state index contributed by atoms with van der Waals surface area (Å²) >= 11 is 0. The molecule has 0 aromatic carbocycles. The molecule has 1 aromatic heterocycles. The lowest BCUT2D eigenvalue weighted by Crippen LogP contribution is -2.37. The Labute approximate surface area is 90.8 Å². The van der Waals surface area contributed by atoms with Crippen molar-refractivity contribution in [1.29, 1.82) is 0 Å². The molecule has 1 fully saturated rings. The summed E-state index contributed by atoms with van der Waals surface area (Å²) in [5.41, 5.74) is 1.32. The molecule has 0 aliphatic carbocycles. The smallest absolute Gasteiger partial charge is 0.133 e. The first-order valence-corrected chi connectivity index (χ1v) is 5.47. The minimum atomic E-state index is 0.236. The molecule has 1 N–H and O–H groups in total. The van der Waals surface area contributed by atoms with E-state index < -0.39 is 0 Å². The number of likely N-dealkylation sites (tertiary alicyclic amines) is 1. The first-order valence-electron chi connectivity index (χ1n) is 5.47. The lowest BCUT2D eigenvalue weighted by Gasteiger charge is -2.31. The molecule has 0 unspecified atom stereocenters. The molecule has 0 radical (unpaired) electrons. The van der Waals surface area contributed by atoms with Gasteiger partial charge in [-0.15, -0.1) is 0 Å². The van der Waals surface area contributed by atoms with Crippen molar-refractivity contribution in [2.75, 3.05) is 6.54 Å². The second-order valence-electron chi connectivity index (χ2n) is 4.85. The van der Waals surface area contributed by atoms with E-state index >= 15 is 0 Å². The van der Waals surface area contributed by atoms with E-state index in [0.717, 1.165) is 18.8 Å². The van der Waals surface area contributed by atoms with Gasteiger partial charge in [-0.2, -0.15) is 0 Å². The predicted molar refractivity (Wildman–Crippen MR) is 59.6 cm³/mol. The zero-order chi connectivity index (χ0) is 10.9. The van der Waals surface area contributed by atoms with Crippen LogP contribution in [0.3, 0.4) is 0 Å². The molecule has 0 atom stereocenters. The van der Waals surface area contributed by atoms with Gasteiger partial charge in [-0.1, -0.05) is 0 Å². The molecular weight excluding hydrogens is 188 g/mol. The Morgan fingerprint density at radius 2 is 2.27 bits per heavy atom. The third-order valence-corrected chi connectivity index (χ3v) is 3.23. The van der Waals surface area contributed by atoms with Crippen molar-refractivity contribution in [2.45, 2.75) is 38.8 Å². The predicted octanol–water partition coefficient (Wildman–Crippen LogP) is 2.16. The van der Waals surface area contributed by atoms with Crippen molar-refractivity contribution >= 4 is 0 Å². The van der Waals surface area contributed by atoms with Gasteiger partial charge in [-0.05, 0) is 45.4 Å². The van der Waals surface area contributed by atoms with Gasteiger partial charge in [0.1, 0.15) is 5.75 Å². The quantitative estimate of drug-likeness (QED) is 0.805. The van der Waals surface area contributed by atoms with Crippen LogP contribution >= 0.6 is 0 Å². The van der Waals surface area contributed by atoms with Gasteiger partial charge in [0.15, 0.2) is 0 Å². The SMILES string of the molecule is CC1(C)CCCN1Cc1ccc(O)cn1. The largest absolute Gasteiger partial charge is 0.506 e. The summed E-state index contributed by atoms with van der Waals surface area (Å²) in [6.45, 7) is 6.59. The third kappa shape index (κ3) is 2.29. The van der Waals surface area contributed by atoms with Gasteiger partial charge in [0, 0.05) is 12.1 Å². The second-order valence-corrected chi connectivity index (χ2v) is 4.85. The highest BCUT2D eigenvalue weighted by atomic mass is 16.3. The Bertz CT molecular complexity index is 332. The first-order chi connectivity index (χ1) is 7.08. The van der Waals surface area contributed by atoms with Crippen molar-refractivity contribution in [3.63, 3.8) is 0 Å². The molecule has 3 heteroatoms. The van der Waals surface area contributed by atoms with Gasteiger partial charge in [0.25, 0.3) is 0 Å². The number of pyridine rings is 1. The van der Waals surface area contributed by atoms with Crippen LogP contribution in [0.15, 0.2) is 18.3 Å². The Morgan fingerprint density at radius 1 is 1.47 bits per heavy atom. The maximum atomic E-state index is 9.14. The van der Waals surface area contributed by atoms with Crippen molar-refractivity contribution < 1.29 is 5.11 Å². The molecule has 1 aliphatic heterocycles. The first kappa shape index (κ1) is 10.4. The average Bonchev–Trinajstić information content (AvgIpc) is 2.50. The van der Waals surface area contributed by atoms with Crippen molar-refractivity contribution in [2.24, 2.45) is 0 Å². The maximum absolute atomic E-state index is 9.14. The standard InChI is InChI=1S/C12H18N2O/c1-12(2)6-3-7-14(12)9-10-4-5-11(15)8-13-10/h4-5,8,15H,3,6-7,9H2,1-2H3. The number of hydrogen-bond donors (Lipinski definition) is 1. The second kappa shape index (κ2) is 3.81. The van der Waals surface area contributed by atoms with Gasteiger partial charge in [-0.3, -0.25) is 9.88 Å². The summed E-state index contributed by atoms with van der Waals surface area (Å²) in [4.78, 5) is 6.67. The summed E-state index contributed by atoms with van der Waals surface area (Å²) in [6, 6.07) is 3.59. The molecule has 1 aliphatic rings. The fourth-order valence-electron chi connectivity index (χ4n) is 2.16. The number of aromatic hydroxyl groups is 1. The van der Waals surface area contributed by atoms with Gasteiger partial charge in [-0.25, -0.2) is 0 Å². The van der Waals surface area contributed by atoms with Crippen LogP contribution in [0.25, 0.3) is 0 Å². The fraction of sp³-hybridized carbons (Fsp3) is 0.583. The lowest BCUT2D eigenvalue weighted by molar-refractivity contribution is 0.164. The molecule has 82 valence electrons. The van der Waals surface area contributed by atoms with Crippen LogP contribution in [0, 0.1) is 0 Å². The van der Waals surface area contributed by atoms with Gasteiger partial charge in [0.2, 0.25) is 0 Å². The van der Waals surface area contributed by atoms with Crippen LogP contribution in [-0.2, 0) is 6.54 Å². The van der Waals surface area contributed by atoms with Crippen LogP contribution in [0.1, 0.15) is 32.4 Å². The summed E-state index contributed by atoms with van der Waals surface area (Å²) in [7, 11) is 0. The Balaban J connectivity index is 2.06. The van der Waals surface area contributed by atoms with E-state index in [-0.39, 0.29) is 5.75 Å². The summed E-state index contributed by atoms with van der Waals surface area (Å²) in [5.74, 6) is 0.236. The molecule has 2 rings (SSSR count). The highest BCUT2D eigenvalue weighted by Crippen LogP contribution is 2.29. The Kier molecular flexibility index (Phi) is 2.65. The maximum Gasteiger partial charge on any atom is 0.133 e. The number of hydrogen-bond acceptors (Lipinski definition) is 3. The van der Waals surface area contributed by atoms with Crippen LogP contribution in [-0.4, -0.2) is 27.1 Å². The average molecular weight is 206 g/mol. The van der Waals surface area contributed by atoms with Gasteiger partial charge in [0.05, 0.1) is 11.9 Å². The van der Waals surface area contributed by atoms with Crippen molar-refractivity contribution in [1.82, 2.24) is 9.88 Å². The highest BCUT2D eigenvalue weighted by molar-refractivity contribution is 5.18. The van der Waals surface area contributed by atoms with Crippen LogP contribution in [0.2, 0.25) is 0 Å². The topological polar surface area (TPSA) is 36.4 Å².